The van der Waals surface area contributed by atoms with Crippen LogP contribution in [0.1, 0.15) is 12.5 Å². The number of thioether (sulfide) groups is 1. The van der Waals surface area contributed by atoms with Crippen LogP contribution in [0.5, 0.6) is 0 Å². The number of aliphatic hydroxyl groups is 1. The van der Waals surface area contributed by atoms with Crippen LogP contribution in [0.4, 0.5) is 0 Å². The Bertz CT molecular complexity index is 597. The maximum absolute atomic E-state index is 12.2. The highest BCUT2D eigenvalue weighted by molar-refractivity contribution is 8.08. The Morgan fingerprint density at radius 1 is 1.36 bits per heavy atom. The number of amides is 1. The van der Waals surface area contributed by atoms with Crippen molar-refractivity contribution in [1.29, 1.82) is 0 Å². The molecule has 118 valence electrons. The monoisotopic (exact) mass is 323 g/mol. The minimum Gasteiger partial charge on any atom is -0.486 e. The number of rotatable bonds is 5. The van der Waals surface area contributed by atoms with Gasteiger partial charge in [-0.3, -0.25) is 4.79 Å². The molecule has 0 aromatic heterocycles. The molecule has 6 nitrogen and oxygen atoms in total. The van der Waals surface area contributed by atoms with Crippen molar-refractivity contribution in [2.24, 2.45) is 0 Å². The zero-order valence-corrected chi connectivity index (χ0v) is 12.9. The van der Waals surface area contributed by atoms with Crippen molar-refractivity contribution in [2.45, 2.75) is 12.5 Å². The SMILES string of the molecule is CC(O)(CNC(=O)C1=C(c2ccccc2)SCCO1)C(=O)O. The summed E-state index contributed by atoms with van der Waals surface area (Å²) in [4.78, 5) is 23.8. The van der Waals surface area contributed by atoms with Crippen LogP contribution in [0, 0.1) is 0 Å². The molecule has 1 aliphatic rings. The Balaban J connectivity index is 2.18. The van der Waals surface area contributed by atoms with E-state index in [1.807, 2.05) is 30.3 Å². The van der Waals surface area contributed by atoms with E-state index in [0.717, 1.165) is 18.2 Å². The van der Waals surface area contributed by atoms with Gasteiger partial charge in [-0.15, -0.1) is 11.8 Å². The van der Waals surface area contributed by atoms with E-state index < -0.39 is 24.0 Å². The van der Waals surface area contributed by atoms with Gasteiger partial charge in [0.25, 0.3) is 5.91 Å². The molecule has 0 saturated heterocycles. The number of carboxylic acids is 1. The topological polar surface area (TPSA) is 95.9 Å². The van der Waals surface area contributed by atoms with Gasteiger partial charge in [0.2, 0.25) is 0 Å². The van der Waals surface area contributed by atoms with Gasteiger partial charge in [-0.05, 0) is 12.5 Å². The van der Waals surface area contributed by atoms with Crippen LogP contribution in [0.2, 0.25) is 0 Å². The number of benzene rings is 1. The normalized spacial score (nSPS) is 17.4. The first kappa shape index (κ1) is 16.4. The lowest BCUT2D eigenvalue weighted by Gasteiger charge is -2.22. The molecule has 0 spiro atoms. The van der Waals surface area contributed by atoms with Gasteiger partial charge in [0.1, 0.15) is 0 Å². The van der Waals surface area contributed by atoms with E-state index in [2.05, 4.69) is 5.32 Å². The second-order valence-electron chi connectivity index (χ2n) is 4.98. The fourth-order valence-electron chi connectivity index (χ4n) is 1.80. The molecule has 1 aliphatic heterocycles. The average Bonchev–Trinajstić information content (AvgIpc) is 2.53. The Hall–Kier alpha value is -1.99. The summed E-state index contributed by atoms with van der Waals surface area (Å²) in [5, 5.41) is 20.9. The Morgan fingerprint density at radius 3 is 2.68 bits per heavy atom. The number of carbonyl (C=O) groups is 2. The molecule has 0 fully saturated rings. The Morgan fingerprint density at radius 2 is 2.05 bits per heavy atom. The van der Waals surface area contributed by atoms with Crippen molar-refractivity contribution < 1.29 is 24.5 Å². The number of nitrogens with one attached hydrogen (secondary N) is 1. The van der Waals surface area contributed by atoms with E-state index in [1.165, 1.54) is 11.8 Å². The molecule has 22 heavy (non-hydrogen) atoms. The summed E-state index contributed by atoms with van der Waals surface area (Å²) in [6, 6.07) is 9.35. The lowest BCUT2D eigenvalue weighted by molar-refractivity contribution is -0.156. The highest BCUT2D eigenvalue weighted by Gasteiger charge is 2.32. The van der Waals surface area contributed by atoms with E-state index >= 15 is 0 Å². The van der Waals surface area contributed by atoms with Crippen LogP contribution in [-0.4, -0.2) is 46.6 Å². The molecule has 1 unspecified atom stereocenters. The Labute approximate surface area is 132 Å². The standard InChI is InChI=1S/C15H17NO5S/c1-15(20,14(18)19)9-16-13(17)11-12(22-8-7-21-11)10-5-3-2-4-6-10/h2-6,20H,7-9H2,1H3,(H,16,17)(H,18,19). The smallest absolute Gasteiger partial charge is 0.337 e. The van der Waals surface area contributed by atoms with E-state index in [4.69, 9.17) is 9.84 Å². The maximum atomic E-state index is 12.2. The van der Waals surface area contributed by atoms with E-state index in [0.29, 0.717) is 11.5 Å². The second-order valence-corrected chi connectivity index (χ2v) is 6.09. The number of aliphatic carboxylic acids is 1. The zero-order valence-electron chi connectivity index (χ0n) is 12.0. The first-order valence-electron chi connectivity index (χ1n) is 6.71. The molecule has 1 amide bonds. The fraction of sp³-hybridized carbons (Fsp3) is 0.333. The van der Waals surface area contributed by atoms with Crippen molar-refractivity contribution in [2.75, 3.05) is 18.9 Å². The zero-order chi connectivity index (χ0) is 16.2. The summed E-state index contributed by atoms with van der Waals surface area (Å²) >= 11 is 1.51. The van der Waals surface area contributed by atoms with Crippen LogP contribution in [-0.2, 0) is 14.3 Å². The van der Waals surface area contributed by atoms with Crippen LogP contribution >= 0.6 is 11.8 Å². The van der Waals surface area contributed by atoms with Crippen molar-refractivity contribution in [3.63, 3.8) is 0 Å². The van der Waals surface area contributed by atoms with E-state index in [-0.39, 0.29) is 5.76 Å². The Kier molecular flexibility index (Phi) is 5.10. The largest absolute Gasteiger partial charge is 0.486 e. The molecule has 0 bridgehead atoms. The summed E-state index contributed by atoms with van der Waals surface area (Å²) < 4.78 is 5.45. The predicted octanol–water partition coefficient (Wildman–Crippen LogP) is 1.07. The van der Waals surface area contributed by atoms with Gasteiger partial charge in [0.15, 0.2) is 11.4 Å². The summed E-state index contributed by atoms with van der Waals surface area (Å²) in [6.45, 7) is 1.12. The molecular weight excluding hydrogens is 306 g/mol. The first-order valence-corrected chi connectivity index (χ1v) is 7.69. The van der Waals surface area contributed by atoms with Gasteiger partial charge >= 0.3 is 5.97 Å². The third kappa shape index (κ3) is 3.80. The third-order valence-corrected chi connectivity index (χ3v) is 4.16. The highest BCUT2D eigenvalue weighted by atomic mass is 32.2. The van der Waals surface area contributed by atoms with Crippen LogP contribution < -0.4 is 5.32 Å². The lowest BCUT2D eigenvalue weighted by Crippen LogP contribution is -2.47. The average molecular weight is 323 g/mol. The molecule has 1 aromatic carbocycles. The van der Waals surface area contributed by atoms with Gasteiger partial charge in [-0.25, -0.2) is 4.79 Å². The molecule has 3 N–H and O–H groups in total. The number of carboxylic acid groups (broad SMARTS) is 1. The van der Waals surface area contributed by atoms with Gasteiger partial charge in [-0.1, -0.05) is 30.3 Å². The molecular formula is C15H17NO5S. The molecule has 0 saturated carbocycles. The predicted molar refractivity (Wildman–Crippen MR) is 83.0 cm³/mol. The van der Waals surface area contributed by atoms with Crippen molar-refractivity contribution in [3.8, 4) is 0 Å². The molecule has 0 aliphatic carbocycles. The summed E-state index contributed by atoms with van der Waals surface area (Å²) in [5.41, 5.74) is -1.16. The van der Waals surface area contributed by atoms with Crippen LogP contribution in [0.3, 0.4) is 0 Å². The van der Waals surface area contributed by atoms with Crippen molar-refractivity contribution >= 4 is 28.5 Å². The van der Waals surface area contributed by atoms with E-state index in [1.54, 1.807) is 0 Å². The van der Waals surface area contributed by atoms with E-state index in [9.17, 15) is 14.7 Å². The number of hydrogen-bond acceptors (Lipinski definition) is 5. The molecule has 7 heteroatoms. The maximum Gasteiger partial charge on any atom is 0.337 e. The fourth-order valence-corrected chi connectivity index (χ4v) is 2.76. The highest BCUT2D eigenvalue weighted by Crippen LogP contribution is 2.34. The lowest BCUT2D eigenvalue weighted by atomic mass is 10.1. The minimum atomic E-state index is -2.02. The quantitative estimate of drug-likeness (QED) is 0.750. The molecule has 1 heterocycles. The number of hydrogen-bond donors (Lipinski definition) is 3. The van der Waals surface area contributed by atoms with Crippen molar-refractivity contribution in [3.05, 3.63) is 41.7 Å². The summed E-state index contributed by atoms with van der Waals surface area (Å²) in [7, 11) is 0. The molecule has 1 aromatic rings. The van der Waals surface area contributed by atoms with Crippen LogP contribution in [0.15, 0.2) is 36.1 Å². The summed E-state index contributed by atoms with van der Waals surface area (Å²) in [5.74, 6) is -1.05. The van der Waals surface area contributed by atoms with Gasteiger partial charge < -0.3 is 20.3 Å². The van der Waals surface area contributed by atoms with Gasteiger partial charge in [0.05, 0.1) is 18.1 Å². The summed E-state index contributed by atoms with van der Waals surface area (Å²) in [6.07, 6.45) is 0. The minimum absolute atomic E-state index is 0.156. The molecule has 1 atom stereocenters. The van der Waals surface area contributed by atoms with Gasteiger partial charge in [0, 0.05) is 5.75 Å². The first-order chi connectivity index (χ1) is 10.4. The molecule has 0 radical (unpaired) electrons. The number of ether oxygens (including phenoxy) is 1. The van der Waals surface area contributed by atoms with Crippen molar-refractivity contribution in [1.82, 2.24) is 5.32 Å². The molecule has 2 rings (SSSR count). The second kappa shape index (κ2) is 6.85. The third-order valence-electron chi connectivity index (χ3n) is 3.08. The van der Waals surface area contributed by atoms with Gasteiger partial charge in [-0.2, -0.15) is 0 Å². The number of carbonyl (C=O) groups excluding carboxylic acids is 1. The van der Waals surface area contributed by atoms with Crippen LogP contribution in [0.25, 0.3) is 4.91 Å².